The average molecular weight is 329 g/mol. The molecule has 0 aliphatic heterocycles. The summed E-state index contributed by atoms with van der Waals surface area (Å²) >= 11 is 0. The Balaban J connectivity index is 2.13. The van der Waals surface area contributed by atoms with E-state index in [1.165, 1.54) is 24.3 Å². The molecule has 0 aliphatic rings. The van der Waals surface area contributed by atoms with Gasteiger partial charge in [0.05, 0.1) is 5.56 Å². The lowest BCUT2D eigenvalue weighted by molar-refractivity contribution is -0.135. The molecular weight excluding hydrogens is 314 g/mol. The van der Waals surface area contributed by atoms with E-state index in [-0.39, 0.29) is 17.9 Å². The fourth-order valence-electron chi connectivity index (χ4n) is 1.98. The van der Waals surface area contributed by atoms with Crippen LogP contribution >= 0.6 is 0 Å². The molecule has 0 aromatic heterocycles. The lowest BCUT2D eigenvalue weighted by atomic mass is 10.2. The molecule has 7 heteroatoms. The van der Waals surface area contributed by atoms with Crippen molar-refractivity contribution in [1.82, 2.24) is 0 Å². The summed E-state index contributed by atoms with van der Waals surface area (Å²) in [5.41, 5.74) is 1.04. The zero-order valence-corrected chi connectivity index (χ0v) is 12.6. The molecule has 0 heterocycles. The van der Waals surface area contributed by atoms with Crippen LogP contribution in [-0.2, 0) is 16.1 Å². The van der Waals surface area contributed by atoms with Crippen molar-refractivity contribution in [2.45, 2.75) is 6.61 Å². The lowest BCUT2D eigenvalue weighted by Gasteiger charge is -2.20. The van der Waals surface area contributed by atoms with Crippen LogP contribution in [-0.4, -0.2) is 34.8 Å². The quantitative estimate of drug-likeness (QED) is 0.844. The molecule has 2 N–H and O–H groups in total. The van der Waals surface area contributed by atoms with E-state index in [1.54, 1.807) is 24.3 Å². The Morgan fingerprint density at radius 2 is 1.54 bits per heavy atom. The summed E-state index contributed by atoms with van der Waals surface area (Å²) in [5, 5.41) is 17.9. The third-order valence-corrected chi connectivity index (χ3v) is 3.14. The van der Waals surface area contributed by atoms with Gasteiger partial charge in [0.1, 0.15) is 13.2 Å². The van der Waals surface area contributed by atoms with E-state index in [0.29, 0.717) is 0 Å². The predicted octanol–water partition coefficient (Wildman–Crippen LogP) is 2.61. The van der Waals surface area contributed by atoms with Crippen molar-refractivity contribution < 1.29 is 29.3 Å². The van der Waals surface area contributed by atoms with Gasteiger partial charge in [-0.1, -0.05) is 30.3 Å². The molecule has 0 saturated heterocycles. The minimum Gasteiger partial charge on any atom is -0.480 e. The van der Waals surface area contributed by atoms with Gasteiger partial charge in [0.2, 0.25) is 0 Å². The number of ether oxygens (including phenoxy) is 1. The van der Waals surface area contributed by atoms with Crippen LogP contribution in [0.25, 0.3) is 0 Å². The smallest absolute Gasteiger partial charge is 0.415 e. The number of nitrogens with zero attached hydrogens (tertiary/aromatic N) is 1. The minimum atomic E-state index is -1.21. The number of hydrogen-bond donors (Lipinski definition) is 2. The number of carboxylic acid groups (broad SMARTS) is 2. The number of carbonyl (C=O) groups excluding carboxylic acids is 1. The zero-order chi connectivity index (χ0) is 17.5. The Kier molecular flexibility index (Phi) is 5.51. The van der Waals surface area contributed by atoms with Crippen molar-refractivity contribution in [2.75, 3.05) is 11.4 Å². The first-order valence-electron chi connectivity index (χ1n) is 7.00. The summed E-state index contributed by atoms with van der Waals surface area (Å²) in [6.45, 7) is -0.594. The van der Waals surface area contributed by atoms with Crippen LogP contribution in [0.15, 0.2) is 54.6 Å². The van der Waals surface area contributed by atoms with Crippen LogP contribution in [0.5, 0.6) is 0 Å². The SMILES string of the molecule is O=C(O)CN(C(=O)OCc1ccccc1)c1ccc(C(=O)O)cc1. The molecule has 7 nitrogen and oxygen atoms in total. The van der Waals surface area contributed by atoms with Gasteiger partial charge in [-0.05, 0) is 29.8 Å². The van der Waals surface area contributed by atoms with Gasteiger partial charge in [-0.15, -0.1) is 0 Å². The molecule has 2 rings (SSSR count). The largest absolute Gasteiger partial charge is 0.480 e. The second kappa shape index (κ2) is 7.77. The van der Waals surface area contributed by atoms with Crippen LogP contribution in [0.3, 0.4) is 0 Å². The number of hydrogen-bond acceptors (Lipinski definition) is 4. The Hall–Kier alpha value is -3.35. The summed E-state index contributed by atoms with van der Waals surface area (Å²) in [5.74, 6) is -2.33. The summed E-state index contributed by atoms with van der Waals surface area (Å²) in [6, 6.07) is 14.3. The fourth-order valence-corrected chi connectivity index (χ4v) is 1.98. The lowest BCUT2D eigenvalue weighted by Crippen LogP contribution is -2.36. The van der Waals surface area contributed by atoms with Crippen molar-refractivity contribution in [3.63, 3.8) is 0 Å². The van der Waals surface area contributed by atoms with E-state index in [1.807, 2.05) is 6.07 Å². The number of aromatic carboxylic acids is 1. The van der Waals surface area contributed by atoms with E-state index in [9.17, 15) is 14.4 Å². The molecule has 0 unspecified atom stereocenters. The highest BCUT2D eigenvalue weighted by Gasteiger charge is 2.20. The standard InChI is InChI=1S/C17H15NO6/c19-15(20)10-18(14-8-6-13(7-9-14)16(21)22)17(23)24-11-12-4-2-1-3-5-12/h1-9H,10-11H2,(H,19,20)(H,21,22). The van der Waals surface area contributed by atoms with Crippen molar-refractivity contribution in [1.29, 1.82) is 0 Å². The molecule has 0 bridgehead atoms. The highest BCUT2D eigenvalue weighted by molar-refractivity contribution is 5.94. The predicted molar refractivity (Wildman–Crippen MR) is 85.0 cm³/mol. The monoisotopic (exact) mass is 329 g/mol. The minimum absolute atomic E-state index is 0.00298. The van der Waals surface area contributed by atoms with Crippen LogP contribution in [0.4, 0.5) is 10.5 Å². The summed E-state index contributed by atoms with van der Waals surface area (Å²) in [7, 11) is 0. The number of carbonyl (C=O) groups is 3. The molecule has 1 amide bonds. The molecule has 0 spiro atoms. The average Bonchev–Trinajstić information content (AvgIpc) is 2.58. The number of carboxylic acids is 2. The van der Waals surface area contributed by atoms with Crippen molar-refractivity contribution in [3.05, 3.63) is 65.7 Å². The molecule has 2 aromatic rings. The molecule has 0 fully saturated rings. The number of amides is 1. The first kappa shape index (κ1) is 17.0. The molecule has 24 heavy (non-hydrogen) atoms. The van der Waals surface area contributed by atoms with Gasteiger partial charge >= 0.3 is 18.0 Å². The Bertz CT molecular complexity index is 727. The second-order valence-electron chi connectivity index (χ2n) is 4.87. The van der Waals surface area contributed by atoms with Crippen LogP contribution in [0.1, 0.15) is 15.9 Å². The van der Waals surface area contributed by atoms with Crippen LogP contribution in [0.2, 0.25) is 0 Å². The summed E-state index contributed by atoms with van der Waals surface area (Å²) in [6.07, 6.45) is -0.829. The second-order valence-corrected chi connectivity index (χ2v) is 4.87. The third kappa shape index (κ3) is 4.57. The first-order valence-corrected chi connectivity index (χ1v) is 7.00. The van der Waals surface area contributed by atoms with Gasteiger partial charge in [0, 0.05) is 5.69 Å². The molecule has 0 atom stereocenters. The van der Waals surface area contributed by atoms with Gasteiger partial charge in [0.25, 0.3) is 0 Å². The molecule has 0 saturated carbocycles. The van der Waals surface area contributed by atoms with Crippen molar-refractivity contribution in [3.8, 4) is 0 Å². The van der Waals surface area contributed by atoms with Gasteiger partial charge in [0.15, 0.2) is 0 Å². The topological polar surface area (TPSA) is 104 Å². The zero-order valence-electron chi connectivity index (χ0n) is 12.6. The van der Waals surface area contributed by atoms with E-state index >= 15 is 0 Å². The van der Waals surface area contributed by atoms with Crippen molar-refractivity contribution in [2.24, 2.45) is 0 Å². The maximum absolute atomic E-state index is 12.2. The van der Waals surface area contributed by atoms with Crippen LogP contribution < -0.4 is 4.90 Å². The van der Waals surface area contributed by atoms with Gasteiger partial charge in [-0.25, -0.2) is 9.59 Å². The maximum Gasteiger partial charge on any atom is 0.415 e. The molecule has 0 radical (unpaired) electrons. The van der Waals surface area contributed by atoms with Crippen molar-refractivity contribution >= 4 is 23.7 Å². The Labute approximate surface area is 137 Å². The molecule has 0 aliphatic carbocycles. The number of benzene rings is 2. The summed E-state index contributed by atoms with van der Waals surface area (Å²) in [4.78, 5) is 35.0. The number of rotatable bonds is 6. The number of anilines is 1. The van der Waals surface area contributed by atoms with E-state index in [2.05, 4.69) is 0 Å². The normalized spacial score (nSPS) is 10.0. The summed E-state index contributed by atoms with van der Waals surface area (Å²) < 4.78 is 5.13. The van der Waals surface area contributed by atoms with Crippen LogP contribution in [0, 0.1) is 0 Å². The van der Waals surface area contributed by atoms with E-state index < -0.39 is 24.6 Å². The van der Waals surface area contributed by atoms with Gasteiger partial charge < -0.3 is 14.9 Å². The Morgan fingerprint density at radius 3 is 2.08 bits per heavy atom. The molecule has 2 aromatic carbocycles. The first-order chi connectivity index (χ1) is 11.5. The number of aliphatic carboxylic acids is 1. The fraction of sp³-hybridized carbons (Fsp3) is 0.118. The Morgan fingerprint density at radius 1 is 0.917 bits per heavy atom. The molecular formula is C17H15NO6. The molecule has 124 valence electrons. The van der Waals surface area contributed by atoms with E-state index in [4.69, 9.17) is 14.9 Å². The third-order valence-electron chi connectivity index (χ3n) is 3.14. The highest BCUT2D eigenvalue weighted by Crippen LogP contribution is 2.17. The highest BCUT2D eigenvalue weighted by atomic mass is 16.6. The maximum atomic E-state index is 12.2. The van der Waals surface area contributed by atoms with Gasteiger partial charge in [-0.3, -0.25) is 9.69 Å². The van der Waals surface area contributed by atoms with E-state index in [0.717, 1.165) is 10.5 Å². The van der Waals surface area contributed by atoms with Gasteiger partial charge in [-0.2, -0.15) is 0 Å².